The van der Waals surface area contributed by atoms with E-state index >= 15 is 0 Å². The number of rotatable bonds is 8. The van der Waals surface area contributed by atoms with Crippen molar-refractivity contribution in [3.05, 3.63) is 59.2 Å². The zero-order valence-corrected chi connectivity index (χ0v) is 17.8. The topological polar surface area (TPSA) is 75.7 Å². The molecule has 1 atom stereocenters. The van der Waals surface area contributed by atoms with E-state index in [1.165, 1.54) is 0 Å². The summed E-state index contributed by atoms with van der Waals surface area (Å²) in [4.78, 5) is 12.6. The largest absolute Gasteiger partial charge is 0.494 e. The number of anilines is 1. The van der Waals surface area contributed by atoms with Gasteiger partial charge in [0.05, 0.1) is 24.6 Å². The molecule has 1 N–H and O–H groups in total. The van der Waals surface area contributed by atoms with Crippen molar-refractivity contribution in [2.75, 3.05) is 23.7 Å². The maximum absolute atomic E-state index is 12.6. The molecule has 0 bridgehead atoms. The molecular weight excluding hydrogens is 376 g/mol. The smallest absolute Gasteiger partial charge is 0.241 e. The van der Waals surface area contributed by atoms with E-state index < -0.39 is 10.0 Å². The Morgan fingerprint density at radius 2 is 1.68 bits per heavy atom. The van der Waals surface area contributed by atoms with Crippen molar-refractivity contribution in [3.63, 3.8) is 0 Å². The fourth-order valence-corrected chi connectivity index (χ4v) is 4.05. The van der Waals surface area contributed by atoms with Crippen molar-refractivity contribution in [1.29, 1.82) is 0 Å². The number of benzene rings is 2. The number of carbonyl (C=O) groups excluding carboxylic acids is 1. The number of amides is 1. The lowest BCUT2D eigenvalue weighted by molar-refractivity contribution is -0.120. The first-order chi connectivity index (χ1) is 13.1. The number of nitrogens with one attached hydrogen (secondary N) is 1. The summed E-state index contributed by atoms with van der Waals surface area (Å²) in [6.07, 6.45) is 1.11. The standard InChI is InChI=1S/C21H28N2O4S/c1-6-27-19-12-10-18(11-13-19)17(4)22-20(24)14-23(28(5,25)26)21-15(2)8-7-9-16(21)3/h7-13,17H,6,14H2,1-5H3,(H,22,24). The Balaban J connectivity index is 2.16. The summed E-state index contributed by atoms with van der Waals surface area (Å²) in [6.45, 7) is 7.76. The van der Waals surface area contributed by atoms with Crippen LogP contribution in [-0.2, 0) is 14.8 Å². The highest BCUT2D eigenvalue weighted by atomic mass is 32.2. The van der Waals surface area contributed by atoms with Crippen molar-refractivity contribution in [1.82, 2.24) is 5.32 Å². The second kappa shape index (κ2) is 9.10. The maximum Gasteiger partial charge on any atom is 0.241 e. The van der Waals surface area contributed by atoms with E-state index in [4.69, 9.17) is 4.74 Å². The van der Waals surface area contributed by atoms with Gasteiger partial charge in [-0.25, -0.2) is 8.42 Å². The van der Waals surface area contributed by atoms with Crippen LogP contribution in [-0.4, -0.2) is 33.7 Å². The van der Waals surface area contributed by atoms with Gasteiger partial charge in [-0.3, -0.25) is 9.10 Å². The van der Waals surface area contributed by atoms with Crippen LogP contribution in [0.2, 0.25) is 0 Å². The van der Waals surface area contributed by atoms with Crippen molar-refractivity contribution >= 4 is 21.6 Å². The van der Waals surface area contributed by atoms with Gasteiger partial charge in [-0.1, -0.05) is 30.3 Å². The van der Waals surface area contributed by atoms with Crippen LogP contribution in [0.15, 0.2) is 42.5 Å². The summed E-state index contributed by atoms with van der Waals surface area (Å²) < 4.78 is 31.3. The fraction of sp³-hybridized carbons (Fsp3) is 0.381. The first kappa shape index (κ1) is 21.8. The zero-order chi connectivity index (χ0) is 20.9. The quantitative estimate of drug-likeness (QED) is 0.732. The number of ether oxygens (including phenoxy) is 1. The van der Waals surface area contributed by atoms with Gasteiger partial charge in [0.15, 0.2) is 0 Å². The van der Waals surface area contributed by atoms with Gasteiger partial charge in [-0.2, -0.15) is 0 Å². The Morgan fingerprint density at radius 3 is 2.18 bits per heavy atom. The molecular formula is C21H28N2O4S. The number of aryl methyl sites for hydroxylation is 2. The Hall–Kier alpha value is -2.54. The third-order valence-electron chi connectivity index (χ3n) is 4.45. The molecule has 0 spiro atoms. The minimum atomic E-state index is -3.61. The van der Waals surface area contributed by atoms with Crippen LogP contribution in [0.1, 0.15) is 36.6 Å². The minimum Gasteiger partial charge on any atom is -0.494 e. The summed E-state index contributed by atoms with van der Waals surface area (Å²) in [7, 11) is -3.61. The van der Waals surface area contributed by atoms with Gasteiger partial charge in [-0.05, 0) is 56.5 Å². The van der Waals surface area contributed by atoms with E-state index in [0.29, 0.717) is 12.3 Å². The maximum atomic E-state index is 12.6. The molecule has 1 unspecified atom stereocenters. The fourth-order valence-electron chi connectivity index (χ4n) is 3.08. The van der Waals surface area contributed by atoms with E-state index in [-0.39, 0.29) is 18.5 Å². The minimum absolute atomic E-state index is 0.262. The average Bonchev–Trinajstić information content (AvgIpc) is 2.60. The van der Waals surface area contributed by atoms with Gasteiger partial charge in [0, 0.05) is 0 Å². The predicted octanol–water partition coefficient (Wildman–Crippen LogP) is 3.35. The molecule has 1 amide bonds. The number of para-hydroxylation sites is 1. The normalized spacial score (nSPS) is 12.3. The third-order valence-corrected chi connectivity index (χ3v) is 5.56. The van der Waals surface area contributed by atoms with Gasteiger partial charge in [0.25, 0.3) is 0 Å². The molecule has 0 aliphatic heterocycles. The van der Waals surface area contributed by atoms with Crippen LogP contribution in [0, 0.1) is 13.8 Å². The molecule has 0 aromatic heterocycles. The summed E-state index contributed by atoms with van der Waals surface area (Å²) in [5, 5.41) is 2.87. The lowest BCUT2D eigenvalue weighted by atomic mass is 10.1. The van der Waals surface area contributed by atoms with Gasteiger partial charge < -0.3 is 10.1 Å². The molecule has 6 nitrogen and oxygen atoms in total. The van der Waals surface area contributed by atoms with E-state index in [9.17, 15) is 13.2 Å². The summed E-state index contributed by atoms with van der Waals surface area (Å²) in [5.74, 6) is 0.400. The third kappa shape index (κ3) is 5.48. The van der Waals surface area contributed by atoms with Crippen molar-refractivity contribution < 1.29 is 17.9 Å². The molecule has 28 heavy (non-hydrogen) atoms. The SMILES string of the molecule is CCOc1ccc(C(C)NC(=O)CN(c2c(C)cccc2C)S(C)(=O)=O)cc1. The van der Waals surface area contributed by atoms with Crippen LogP contribution in [0.4, 0.5) is 5.69 Å². The number of hydrogen-bond donors (Lipinski definition) is 1. The average molecular weight is 405 g/mol. The molecule has 2 rings (SSSR count). The highest BCUT2D eigenvalue weighted by molar-refractivity contribution is 7.92. The predicted molar refractivity (Wildman–Crippen MR) is 112 cm³/mol. The molecule has 0 fully saturated rings. The number of sulfonamides is 1. The molecule has 0 aliphatic carbocycles. The van der Waals surface area contributed by atoms with E-state index in [0.717, 1.165) is 33.0 Å². The Kier molecular flexibility index (Phi) is 7.07. The second-order valence-electron chi connectivity index (χ2n) is 6.80. The van der Waals surface area contributed by atoms with E-state index in [2.05, 4.69) is 5.32 Å². The van der Waals surface area contributed by atoms with Crippen LogP contribution < -0.4 is 14.4 Å². The van der Waals surface area contributed by atoms with Crippen LogP contribution in [0.5, 0.6) is 5.75 Å². The zero-order valence-electron chi connectivity index (χ0n) is 17.0. The molecule has 2 aromatic rings. The van der Waals surface area contributed by atoms with Crippen molar-refractivity contribution in [2.45, 2.75) is 33.7 Å². The highest BCUT2D eigenvalue weighted by Crippen LogP contribution is 2.26. The second-order valence-corrected chi connectivity index (χ2v) is 8.71. The molecule has 0 saturated heterocycles. The molecule has 2 aromatic carbocycles. The molecule has 152 valence electrons. The number of carbonyl (C=O) groups is 1. The molecule has 7 heteroatoms. The van der Waals surface area contributed by atoms with Gasteiger partial charge in [-0.15, -0.1) is 0 Å². The summed E-state index contributed by atoms with van der Waals surface area (Å²) in [5.41, 5.74) is 3.07. The Bertz CT molecular complexity index is 904. The first-order valence-electron chi connectivity index (χ1n) is 9.19. The lowest BCUT2D eigenvalue weighted by Crippen LogP contribution is -2.41. The van der Waals surface area contributed by atoms with Crippen molar-refractivity contribution in [3.8, 4) is 5.75 Å². The molecule has 0 saturated carbocycles. The molecule has 0 heterocycles. The Morgan fingerprint density at radius 1 is 1.11 bits per heavy atom. The lowest BCUT2D eigenvalue weighted by Gasteiger charge is -2.26. The number of hydrogen-bond acceptors (Lipinski definition) is 4. The summed E-state index contributed by atoms with van der Waals surface area (Å²) in [6, 6.07) is 12.7. The summed E-state index contributed by atoms with van der Waals surface area (Å²) >= 11 is 0. The monoisotopic (exact) mass is 404 g/mol. The van der Waals surface area contributed by atoms with Crippen molar-refractivity contribution in [2.24, 2.45) is 0 Å². The van der Waals surface area contributed by atoms with Gasteiger partial charge >= 0.3 is 0 Å². The van der Waals surface area contributed by atoms with E-state index in [1.807, 2.05) is 70.2 Å². The van der Waals surface area contributed by atoms with Gasteiger partial charge in [0.2, 0.25) is 15.9 Å². The highest BCUT2D eigenvalue weighted by Gasteiger charge is 2.24. The first-order valence-corrected chi connectivity index (χ1v) is 11.0. The van der Waals surface area contributed by atoms with Crippen LogP contribution in [0.3, 0.4) is 0 Å². The van der Waals surface area contributed by atoms with Gasteiger partial charge in [0.1, 0.15) is 12.3 Å². The molecule has 0 radical (unpaired) electrons. The van der Waals surface area contributed by atoms with Crippen LogP contribution >= 0.6 is 0 Å². The van der Waals surface area contributed by atoms with E-state index in [1.54, 1.807) is 0 Å². The number of nitrogens with zero attached hydrogens (tertiary/aromatic N) is 1. The molecule has 0 aliphatic rings. The van der Waals surface area contributed by atoms with Crippen LogP contribution in [0.25, 0.3) is 0 Å². The Labute approximate surface area is 167 Å².